The fraction of sp³-hybridized carbons (Fsp3) is 0.241. The molecule has 0 saturated carbocycles. The van der Waals surface area contributed by atoms with E-state index in [9.17, 15) is 19.2 Å². The Kier molecular flexibility index (Phi) is 8.71. The van der Waals surface area contributed by atoms with Crippen molar-refractivity contribution in [3.05, 3.63) is 95.6 Å². The summed E-state index contributed by atoms with van der Waals surface area (Å²) in [5.74, 6) is -0.620. The summed E-state index contributed by atoms with van der Waals surface area (Å²) in [4.78, 5) is 50.7. The van der Waals surface area contributed by atoms with Gasteiger partial charge in [-0.25, -0.2) is 4.79 Å². The lowest BCUT2D eigenvalue weighted by atomic mass is 10.1. The quantitative estimate of drug-likeness (QED) is 0.327. The monoisotopic (exact) mass is 515 g/mol. The van der Waals surface area contributed by atoms with Crippen LogP contribution in [0.2, 0.25) is 0 Å². The van der Waals surface area contributed by atoms with E-state index in [1.54, 1.807) is 36.1 Å². The van der Waals surface area contributed by atoms with Crippen LogP contribution in [0.1, 0.15) is 34.8 Å². The molecule has 4 rings (SSSR count). The van der Waals surface area contributed by atoms with Gasteiger partial charge in [0.1, 0.15) is 5.75 Å². The molecule has 196 valence electrons. The Morgan fingerprint density at radius 1 is 0.921 bits per heavy atom. The predicted octanol–water partition coefficient (Wildman–Crippen LogP) is 4.14. The van der Waals surface area contributed by atoms with Gasteiger partial charge in [-0.3, -0.25) is 14.4 Å². The minimum atomic E-state index is -0.800. The van der Waals surface area contributed by atoms with Crippen molar-refractivity contribution in [1.29, 1.82) is 0 Å². The molecule has 0 radical (unpaired) electrons. The molecule has 38 heavy (non-hydrogen) atoms. The van der Waals surface area contributed by atoms with Gasteiger partial charge in [-0.15, -0.1) is 0 Å². The first kappa shape index (κ1) is 26.4. The average Bonchev–Trinajstić information content (AvgIpc) is 3.29. The van der Waals surface area contributed by atoms with Crippen LogP contribution >= 0.6 is 0 Å². The van der Waals surface area contributed by atoms with Gasteiger partial charge in [0.15, 0.2) is 0 Å². The lowest BCUT2D eigenvalue weighted by Gasteiger charge is -2.16. The number of rotatable bonds is 9. The summed E-state index contributed by atoms with van der Waals surface area (Å²) >= 11 is 0. The molecule has 0 bridgehead atoms. The highest BCUT2D eigenvalue weighted by atomic mass is 16.7. The van der Waals surface area contributed by atoms with Gasteiger partial charge in [-0.05, 0) is 54.4 Å². The Bertz CT molecular complexity index is 1280. The number of hydrogen-bond acceptors (Lipinski definition) is 6. The Morgan fingerprint density at radius 2 is 1.63 bits per heavy atom. The summed E-state index contributed by atoms with van der Waals surface area (Å²) in [5.41, 5.74) is 2.92. The second kappa shape index (κ2) is 12.5. The molecular formula is C29H29N3O6. The van der Waals surface area contributed by atoms with Crippen LogP contribution < -0.4 is 15.4 Å². The second-order valence-corrected chi connectivity index (χ2v) is 8.84. The first-order valence-electron chi connectivity index (χ1n) is 12.4. The fourth-order valence-electron chi connectivity index (χ4n) is 4.06. The smallest absolute Gasteiger partial charge is 0.434 e. The van der Waals surface area contributed by atoms with E-state index in [0.29, 0.717) is 30.9 Å². The van der Waals surface area contributed by atoms with Crippen molar-refractivity contribution in [2.24, 2.45) is 5.92 Å². The third kappa shape index (κ3) is 7.19. The SMILES string of the molecule is CCOC(=O)Oc1ccc(C(=O)NCc2ccc(NC(=O)C3CC(=O)N(Cc4ccccc4)C3)cc2)cc1. The maximum Gasteiger partial charge on any atom is 0.513 e. The molecule has 1 heterocycles. The molecule has 2 N–H and O–H groups in total. The number of hydrogen-bond donors (Lipinski definition) is 2. The van der Waals surface area contributed by atoms with E-state index in [1.165, 1.54) is 12.1 Å². The molecule has 1 fully saturated rings. The molecule has 3 amide bonds. The van der Waals surface area contributed by atoms with E-state index in [0.717, 1.165) is 11.1 Å². The van der Waals surface area contributed by atoms with Gasteiger partial charge in [0.25, 0.3) is 5.91 Å². The van der Waals surface area contributed by atoms with Crippen molar-refractivity contribution in [1.82, 2.24) is 10.2 Å². The predicted molar refractivity (Wildman–Crippen MR) is 140 cm³/mol. The van der Waals surface area contributed by atoms with Gasteiger partial charge in [0.05, 0.1) is 12.5 Å². The van der Waals surface area contributed by atoms with Crippen molar-refractivity contribution in [2.75, 3.05) is 18.5 Å². The number of nitrogens with zero attached hydrogens (tertiary/aromatic N) is 1. The molecule has 3 aromatic carbocycles. The van der Waals surface area contributed by atoms with Crippen LogP contribution in [0.15, 0.2) is 78.9 Å². The topological polar surface area (TPSA) is 114 Å². The van der Waals surface area contributed by atoms with E-state index in [-0.39, 0.29) is 36.5 Å². The molecule has 1 aliphatic rings. The molecule has 1 unspecified atom stereocenters. The number of carbonyl (C=O) groups excluding carboxylic acids is 4. The van der Waals surface area contributed by atoms with Crippen LogP contribution in [-0.4, -0.2) is 41.9 Å². The highest BCUT2D eigenvalue weighted by Crippen LogP contribution is 2.22. The van der Waals surface area contributed by atoms with Gasteiger partial charge < -0.3 is 25.0 Å². The van der Waals surface area contributed by atoms with Crippen LogP contribution in [0, 0.1) is 5.92 Å². The summed E-state index contributed by atoms with van der Waals surface area (Å²) < 4.78 is 9.70. The van der Waals surface area contributed by atoms with E-state index in [1.807, 2.05) is 42.5 Å². The molecular weight excluding hydrogens is 486 g/mol. The number of carbonyl (C=O) groups is 4. The van der Waals surface area contributed by atoms with E-state index < -0.39 is 12.1 Å². The summed E-state index contributed by atoms with van der Waals surface area (Å²) in [6, 6.07) is 23.0. The highest BCUT2D eigenvalue weighted by Gasteiger charge is 2.34. The third-order valence-corrected chi connectivity index (χ3v) is 6.06. The van der Waals surface area contributed by atoms with Crippen LogP contribution in [0.5, 0.6) is 5.75 Å². The number of benzene rings is 3. The van der Waals surface area contributed by atoms with Crippen LogP contribution in [-0.2, 0) is 27.4 Å². The zero-order valence-corrected chi connectivity index (χ0v) is 21.0. The minimum Gasteiger partial charge on any atom is -0.434 e. The summed E-state index contributed by atoms with van der Waals surface area (Å²) in [7, 11) is 0. The maximum absolute atomic E-state index is 12.7. The molecule has 9 nitrogen and oxygen atoms in total. The molecule has 0 aliphatic carbocycles. The highest BCUT2D eigenvalue weighted by molar-refractivity contribution is 5.97. The first-order chi connectivity index (χ1) is 18.4. The zero-order chi connectivity index (χ0) is 26.9. The number of ether oxygens (including phenoxy) is 2. The molecule has 0 spiro atoms. The van der Waals surface area contributed by atoms with Crippen molar-refractivity contribution in [3.8, 4) is 5.75 Å². The minimum absolute atomic E-state index is 0.0266. The summed E-state index contributed by atoms with van der Waals surface area (Å²) in [6.45, 7) is 3.06. The third-order valence-electron chi connectivity index (χ3n) is 6.06. The Morgan fingerprint density at radius 3 is 2.32 bits per heavy atom. The lowest BCUT2D eigenvalue weighted by molar-refractivity contribution is -0.128. The number of nitrogens with one attached hydrogen (secondary N) is 2. The normalized spacial score (nSPS) is 14.6. The van der Waals surface area contributed by atoms with Crippen LogP contribution in [0.4, 0.5) is 10.5 Å². The number of likely N-dealkylation sites (tertiary alicyclic amines) is 1. The first-order valence-corrected chi connectivity index (χ1v) is 12.4. The number of anilines is 1. The largest absolute Gasteiger partial charge is 0.513 e. The van der Waals surface area contributed by atoms with Gasteiger partial charge >= 0.3 is 6.16 Å². The van der Waals surface area contributed by atoms with Gasteiger partial charge in [0, 0.05) is 37.3 Å². The summed E-state index contributed by atoms with van der Waals surface area (Å²) in [6.07, 6.45) is -0.607. The van der Waals surface area contributed by atoms with Crippen LogP contribution in [0.3, 0.4) is 0 Å². The van der Waals surface area contributed by atoms with Crippen molar-refractivity contribution >= 4 is 29.6 Å². The zero-order valence-electron chi connectivity index (χ0n) is 21.0. The standard InChI is InChI=1S/C29H29N3O6/c1-2-37-29(36)38-25-14-10-22(11-15-25)27(34)30-17-20-8-12-24(13-9-20)31-28(35)23-16-26(33)32(19-23)18-21-6-4-3-5-7-21/h3-15,23H,2,16-19H2,1H3,(H,30,34)(H,31,35). The van der Waals surface area contributed by atoms with Crippen LogP contribution in [0.25, 0.3) is 0 Å². The molecule has 0 aromatic heterocycles. The molecule has 3 aromatic rings. The maximum atomic E-state index is 12.7. The number of amides is 3. The Balaban J connectivity index is 1.23. The van der Waals surface area contributed by atoms with Gasteiger partial charge in [-0.1, -0.05) is 42.5 Å². The van der Waals surface area contributed by atoms with Gasteiger partial charge in [0.2, 0.25) is 11.8 Å². The van der Waals surface area contributed by atoms with E-state index in [4.69, 9.17) is 9.47 Å². The molecule has 1 aliphatic heterocycles. The lowest BCUT2D eigenvalue weighted by Crippen LogP contribution is -2.28. The van der Waals surface area contributed by atoms with Crippen molar-refractivity contribution in [2.45, 2.75) is 26.4 Å². The summed E-state index contributed by atoms with van der Waals surface area (Å²) in [5, 5.41) is 5.71. The van der Waals surface area contributed by atoms with Gasteiger partial charge in [-0.2, -0.15) is 0 Å². The van der Waals surface area contributed by atoms with E-state index in [2.05, 4.69) is 10.6 Å². The van der Waals surface area contributed by atoms with Crippen molar-refractivity contribution in [3.63, 3.8) is 0 Å². The fourth-order valence-corrected chi connectivity index (χ4v) is 4.06. The van der Waals surface area contributed by atoms with E-state index >= 15 is 0 Å². The second-order valence-electron chi connectivity index (χ2n) is 8.84. The Labute approximate surface area is 220 Å². The average molecular weight is 516 g/mol. The van der Waals surface area contributed by atoms with Crippen molar-refractivity contribution < 1.29 is 28.7 Å². The Hall–Kier alpha value is -4.66. The molecule has 1 saturated heterocycles. The molecule has 9 heteroatoms. The molecule has 1 atom stereocenters.